The van der Waals surface area contributed by atoms with Gasteiger partial charge in [0.2, 0.25) is 5.91 Å². The summed E-state index contributed by atoms with van der Waals surface area (Å²) < 4.78 is 19.5. The van der Waals surface area contributed by atoms with Crippen LogP contribution in [0.5, 0.6) is 5.75 Å². The first kappa shape index (κ1) is 19.6. The van der Waals surface area contributed by atoms with E-state index in [0.29, 0.717) is 49.4 Å². The van der Waals surface area contributed by atoms with Crippen molar-refractivity contribution in [2.45, 2.75) is 12.1 Å². The Kier molecular flexibility index (Phi) is 5.89. The van der Waals surface area contributed by atoms with Gasteiger partial charge in [-0.3, -0.25) is 4.79 Å². The average molecular weight is 415 g/mol. The summed E-state index contributed by atoms with van der Waals surface area (Å²) in [4.78, 5) is 24.2. The third kappa shape index (κ3) is 4.48. The van der Waals surface area contributed by atoms with E-state index in [0.717, 1.165) is 16.8 Å². The number of hydrogen-bond donors (Lipinski definition) is 1. The maximum Gasteiger partial charge on any atom is 0.233 e. The minimum atomic E-state index is -0.222. The van der Waals surface area contributed by atoms with E-state index in [4.69, 9.17) is 4.74 Å². The largest absolute Gasteiger partial charge is 0.494 e. The first-order chi connectivity index (χ1) is 14.1. The number of anilines is 1. The number of hydrogen-bond acceptors (Lipinski definition) is 5. The molecule has 1 aliphatic heterocycles. The number of rotatable bonds is 6. The number of amides is 1. The molecule has 29 heavy (non-hydrogen) atoms. The number of nitrogens with one attached hydrogen (secondary N) is 1. The van der Waals surface area contributed by atoms with Gasteiger partial charge in [-0.15, -0.1) is 0 Å². The predicted molar refractivity (Wildman–Crippen MR) is 113 cm³/mol. The third-order valence-electron chi connectivity index (χ3n) is 4.90. The van der Waals surface area contributed by atoms with Crippen LogP contribution in [0.4, 0.5) is 10.1 Å². The minimum absolute atomic E-state index is 0.0682. The van der Waals surface area contributed by atoms with Crippen LogP contribution >= 0.6 is 11.8 Å². The summed E-state index contributed by atoms with van der Waals surface area (Å²) in [6.45, 7) is 4.99. The van der Waals surface area contributed by atoms with Crippen molar-refractivity contribution < 1.29 is 13.9 Å². The third-order valence-corrected chi connectivity index (χ3v) is 5.76. The Morgan fingerprint density at radius 2 is 2.00 bits per heavy atom. The van der Waals surface area contributed by atoms with Crippen molar-refractivity contribution >= 4 is 34.4 Å². The number of fused-ring (bicyclic) bond motifs is 1. The van der Waals surface area contributed by atoms with E-state index in [-0.39, 0.29) is 11.7 Å². The molecule has 8 heteroatoms. The molecule has 2 aromatic carbocycles. The van der Waals surface area contributed by atoms with Crippen LogP contribution in [-0.2, 0) is 4.79 Å². The Balaban J connectivity index is 1.31. The maximum absolute atomic E-state index is 14.0. The van der Waals surface area contributed by atoms with Gasteiger partial charge in [0.15, 0.2) is 5.16 Å². The van der Waals surface area contributed by atoms with Gasteiger partial charge in [0.25, 0.3) is 0 Å². The van der Waals surface area contributed by atoms with E-state index in [9.17, 15) is 9.18 Å². The van der Waals surface area contributed by atoms with E-state index < -0.39 is 0 Å². The SMILES string of the molecule is CCOc1ccc2nc(SCC(=O)N3CCN(c4ccccc4F)CC3)[nH]c2c1. The molecule has 1 aliphatic rings. The topological polar surface area (TPSA) is 61.5 Å². The fourth-order valence-corrected chi connectivity index (χ4v) is 4.20. The lowest BCUT2D eigenvalue weighted by Crippen LogP contribution is -2.49. The Bertz CT molecular complexity index is 1000. The van der Waals surface area contributed by atoms with Gasteiger partial charge in [0, 0.05) is 32.2 Å². The minimum Gasteiger partial charge on any atom is -0.494 e. The van der Waals surface area contributed by atoms with Gasteiger partial charge in [0.05, 0.1) is 29.1 Å². The van der Waals surface area contributed by atoms with Crippen LogP contribution in [0.1, 0.15) is 6.92 Å². The van der Waals surface area contributed by atoms with Gasteiger partial charge >= 0.3 is 0 Å². The Labute approximate surface area is 173 Å². The van der Waals surface area contributed by atoms with Crippen LogP contribution in [0.15, 0.2) is 47.6 Å². The molecule has 152 valence electrons. The number of aromatic amines is 1. The molecule has 0 unspecified atom stereocenters. The normalized spacial score (nSPS) is 14.4. The van der Waals surface area contributed by atoms with Gasteiger partial charge in [-0.1, -0.05) is 23.9 Å². The molecule has 6 nitrogen and oxygen atoms in total. The van der Waals surface area contributed by atoms with Crippen molar-refractivity contribution in [3.63, 3.8) is 0 Å². The smallest absolute Gasteiger partial charge is 0.233 e. The Morgan fingerprint density at radius 3 is 2.76 bits per heavy atom. The number of benzene rings is 2. The zero-order chi connectivity index (χ0) is 20.2. The lowest BCUT2D eigenvalue weighted by Gasteiger charge is -2.36. The first-order valence-corrected chi connectivity index (χ1v) is 10.6. The lowest BCUT2D eigenvalue weighted by atomic mass is 10.2. The van der Waals surface area contributed by atoms with Gasteiger partial charge in [-0.2, -0.15) is 0 Å². The highest BCUT2D eigenvalue weighted by Crippen LogP contribution is 2.24. The van der Waals surface area contributed by atoms with Gasteiger partial charge in [-0.05, 0) is 31.2 Å². The summed E-state index contributed by atoms with van der Waals surface area (Å²) in [5.74, 6) is 0.959. The predicted octanol–water partition coefficient (Wildman–Crippen LogP) is 3.54. The summed E-state index contributed by atoms with van der Waals surface area (Å²) in [5.41, 5.74) is 2.34. The fourth-order valence-electron chi connectivity index (χ4n) is 3.42. The molecule has 1 N–H and O–H groups in total. The number of nitrogens with zero attached hydrogens (tertiary/aromatic N) is 3. The second kappa shape index (κ2) is 8.73. The van der Waals surface area contributed by atoms with E-state index >= 15 is 0 Å². The second-order valence-electron chi connectivity index (χ2n) is 6.76. The summed E-state index contributed by atoms with van der Waals surface area (Å²) in [5, 5.41) is 0.715. The van der Waals surface area contributed by atoms with Crippen molar-refractivity contribution in [3.8, 4) is 5.75 Å². The second-order valence-corrected chi connectivity index (χ2v) is 7.73. The molecule has 0 atom stereocenters. The van der Waals surface area contributed by atoms with Crippen molar-refractivity contribution in [2.24, 2.45) is 0 Å². The number of carbonyl (C=O) groups is 1. The molecule has 4 rings (SSSR count). The van der Waals surface area contributed by atoms with Crippen LogP contribution in [0.2, 0.25) is 0 Å². The molecule has 1 amide bonds. The van der Waals surface area contributed by atoms with Gasteiger partial charge in [-0.25, -0.2) is 9.37 Å². The summed E-state index contributed by atoms with van der Waals surface area (Å²) in [6.07, 6.45) is 0. The van der Waals surface area contributed by atoms with Crippen LogP contribution in [0.3, 0.4) is 0 Å². The highest BCUT2D eigenvalue weighted by Gasteiger charge is 2.23. The average Bonchev–Trinajstić information content (AvgIpc) is 3.15. The summed E-state index contributed by atoms with van der Waals surface area (Å²) in [7, 11) is 0. The molecule has 2 heterocycles. The number of ether oxygens (including phenoxy) is 1. The van der Waals surface area contributed by atoms with Gasteiger partial charge < -0.3 is 19.5 Å². The molecular weight excluding hydrogens is 391 g/mol. The Morgan fingerprint density at radius 1 is 1.21 bits per heavy atom. The molecule has 0 bridgehead atoms. The van der Waals surface area contributed by atoms with E-state index in [2.05, 4.69) is 9.97 Å². The van der Waals surface area contributed by atoms with Crippen molar-refractivity contribution in [3.05, 3.63) is 48.3 Å². The zero-order valence-electron chi connectivity index (χ0n) is 16.2. The quantitative estimate of drug-likeness (QED) is 0.625. The molecule has 0 aliphatic carbocycles. The van der Waals surface area contributed by atoms with Crippen molar-refractivity contribution in [1.82, 2.24) is 14.9 Å². The first-order valence-electron chi connectivity index (χ1n) is 9.66. The van der Waals surface area contributed by atoms with Crippen molar-refractivity contribution in [1.29, 1.82) is 0 Å². The zero-order valence-corrected chi connectivity index (χ0v) is 17.0. The molecule has 1 saturated heterocycles. The van der Waals surface area contributed by atoms with Crippen LogP contribution in [0, 0.1) is 5.82 Å². The number of carbonyl (C=O) groups excluding carboxylic acids is 1. The molecule has 0 spiro atoms. The fraction of sp³-hybridized carbons (Fsp3) is 0.333. The number of imidazole rings is 1. The molecule has 1 fully saturated rings. The number of aromatic nitrogens is 2. The van der Waals surface area contributed by atoms with E-state index in [1.807, 2.05) is 41.0 Å². The van der Waals surface area contributed by atoms with Crippen LogP contribution in [0.25, 0.3) is 11.0 Å². The van der Waals surface area contributed by atoms with Crippen LogP contribution < -0.4 is 9.64 Å². The van der Waals surface area contributed by atoms with Crippen molar-refractivity contribution in [2.75, 3.05) is 43.4 Å². The Hall–Kier alpha value is -2.74. The standard InChI is InChI=1S/C21H23FN4O2S/c1-2-28-15-7-8-17-18(13-15)24-21(23-17)29-14-20(27)26-11-9-25(10-12-26)19-6-4-3-5-16(19)22/h3-8,13H,2,9-12,14H2,1H3,(H,23,24). The highest BCUT2D eigenvalue weighted by atomic mass is 32.2. The maximum atomic E-state index is 14.0. The molecule has 0 saturated carbocycles. The molecular formula is C21H23FN4O2S. The number of piperazine rings is 1. The van der Waals surface area contributed by atoms with E-state index in [1.165, 1.54) is 17.8 Å². The molecule has 0 radical (unpaired) electrons. The number of thioether (sulfide) groups is 1. The van der Waals surface area contributed by atoms with Crippen LogP contribution in [-0.4, -0.2) is 59.3 Å². The summed E-state index contributed by atoms with van der Waals surface area (Å²) >= 11 is 1.39. The molecule has 1 aromatic heterocycles. The lowest BCUT2D eigenvalue weighted by molar-refractivity contribution is -0.128. The molecule has 3 aromatic rings. The monoisotopic (exact) mass is 414 g/mol. The van der Waals surface area contributed by atoms with E-state index in [1.54, 1.807) is 12.1 Å². The summed E-state index contributed by atoms with van der Waals surface area (Å²) in [6, 6.07) is 12.5. The number of halogens is 1. The highest BCUT2D eigenvalue weighted by molar-refractivity contribution is 7.99. The number of H-pyrrole nitrogens is 1. The van der Waals surface area contributed by atoms with Gasteiger partial charge in [0.1, 0.15) is 11.6 Å². The number of para-hydroxylation sites is 1.